The molecule has 1 rings (SSSR count). The molecule has 1 saturated heterocycles. The van der Waals surface area contributed by atoms with Crippen molar-refractivity contribution in [1.82, 2.24) is 0 Å². The minimum absolute atomic E-state index is 0.244. The second-order valence-corrected chi connectivity index (χ2v) is 3.56. The van der Waals surface area contributed by atoms with E-state index >= 15 is 0 Å². The average molecular weight is 240 g/mol. The van der Waals surface area contributed by atoms with Crippen molar-refractivity contribution in [3.63, 3.8) is 0 Å². The smallest absolute Gasteiger partial charge is 0.304 e. The quantitative estimate of drug-likeness (QED) is 0.577. The lowest BCUT2D eigenvalue weighted by Gasteiger charge is -2.09. The molecular weight excluding hydrogens is 224 g/mol. The van der Waals surface area contributed by atoms with Gasteiger partial charge in [-0.15, -0.1) is 0 Å². The summed E-state index contributed by atoms with van der Waals surface area (Å²) in [6, 6.07) is 0. The monoisotopic (exact) mass is 240 g/mol. The third-order valence-electron chi connectivity index (χ3n) is 1.56. The molecule has 0 aromatic heterocycles. The first-order valence-electron chi connectivity index (χ1n) is 4.81. The highest BCUT2D eigenvalue weighted by molar-refractivity contribution is 7.75. The van der Waals surface area contributed by atoms with Gasteiger partial charge in [-0.3, -0.25) is 8.37 Å². The van der Waals surface area contributed by atoms with E-state index < -0.39 is 11.4 Å². The maximum Gasteiger partial charge on any atom is 0.304 e. The summed E-state index contributed by atoms with van der Waals surface area (Å²) in [6.07, 6.45) is 0. The van der Waals surface area contributed by atoms with Crippen LogP contribution >= 0.6 is 0 Å². The molecule has 90 valence electrons. The molecule has 6 nitrogen and oxygen atoms in total. The second kappa shape index (κ2) is 9.20. The SMILES string of the molecule is O=S1OCCOCCOCCOCCO1. The van der Waals surface area contributed by atoms with Crippen LogP contribution in [0.1, 0.15) is 0 Å². The van der Waals surface area contributed by atoms with Gasteiger partial charge in [-0.1, -0.05) is 0 Å². The van der Waals surface area contributed by atoms with Crippen LogP contribution in [-0.2, 0) is 33.9 Å². The van der Waals surface area contributed by atoms with Crippen LogP contribution in [0.2, 0.25) is 0 Å². The molecule has 0 N–H and O–H groups in total. The van der Waals surface area contributed by atoms with Crippen LogP contribution in [0.5, 0.6) is 0 Å². The van der Waals surface area contributed by atoms with Crippen LogP contribution in [0.25, 0.3) is 0 Å². The first kappa shape index (κ1) is 13.0. The summed E-state index contributed by atoms with van der Waals surface area (Å²) < 4.78 is 36.1. The van der Waals surface area contributed by atoms with Gasteiger partial charge in [0, 0.05) is 0 Å². The molecule has 1 fully saturated rings. The van der Waals surface area contributed by atoms with Gasteiger partial charge < -0.3 is 14.2 Å². The minimum Gasteiger partial charge on any atom is -0.377 e. The Morgan fingerprint density at radius 1 is 0.600 bits per heavy atom. The summed E-state index contributed by atoms with van der Waals surface area (Å²) in [4.78, 5) is 0. The summed E-state index contributed by atoms with van der Waals surface area (Å²) in [7, 11) is 0. The Hall–Kier alpha value is -0.0500. The van der Waals surface area contributed by atoms with Gasteiger partial charge in [0.1, 0.15) is 0 Å². The van der Waals surface area contributed by atoms with E-state index in [0.717, 1.165) is 0 Å². The van der Waals surface area contributed by atoms with E-state index in [1.54, 1.807) is 0 Å². The number of rotatable bonds is 0. The normalized spacial score (nSPS) is 24.5. The minimum atomic E-state index is -1.70. The van der Waals surface area contributed by atoms with Crippen LogP contribution in [0.4, 0.5) is 0 Å². The second-order valence-electron chi connectivity index (χ2n) is 2.69. The fourth-order valence-corrected chi connectivity index (χ4v) is 1.37. The van der Waals surface area contributed by atoms with Crippen molar-refractivity contribution in [1.29, 1.82) is 0 Å². The number of hydrogen-bond donors (Lipinski definition) is 0. The van der Waals surface area contributed by atoms with Crippen molar-refractivity contribution in [3.8, 4) is 0 Å². The van der Waals surface area contributed by atoms with Gasteiger partial charge in [0.25, 0.3) is 0 Å². The van der Waals surface area contributed by atoms with Crippen molar-refractivity contribution in [2.75, 3.05) is 52.9 Å². The van der Waals surface area contributed by atoms with Gasteiger partial charge in [0.2, 0.25) is 0 Å². The Balaban J connectivity index is 2.13. The molecule has 15 heavy (non-hydrogen) atoms. The van der Waals surface area contributed by atoms with Crippen molar-refractivity contribution in [3.05, 3.63) is 0 Å². The summed E-state index contributed by atoms with van der Waals surface area (Å²) in [5.74, 6) is 0. The molecular formula is C8H16O6S. The summed E-state index contributed by atoms with van der Waals surface area (Å²) in [5.41, 5.74) is 0. The van der Waals surface area contributed by atoms with Crippen LogP contribution in [-0.4, -0.2) is 57.1 Å². The van der Waals surface area contributed by atoms with E-state index in [-0.39, 0.29) is 13.2 Å². The lowest BCUT2D eigenvalue weighted by Crippen LogP contribution is -2.16. The largest absolute Gasteiger partial charge is 0.377 e. The Morgan fingerprint density at radius 3 is 1.33 bits per heavy atom. The van der Waals surface area contributed by atoms with Crippen molar-refractivity contribution >= 4 is 11.4 Å². The molecule has 0 aromatic rings. The van der Waals surface area contributed by atoms with Crippen LogP contribution in [0.15, 0.2) is 0 Å². The van der Waals surface area contributed by atoms with E-state index in [1.807, 2.05) is 0 Å². The van der Waals surface area contributed by atoms with Gasteiger partial charge in [-0.2, -0.15) is 4.21 Å². The van der Waals surface area contributed by atoms with Crippen molar-refractivity contribution in [2.45, 2.75) is 0 Å². The van der Waals surface area contributed by atoms with Crippen LogP contribution < -0.4 is 0 Å². The first-order valence-corrected chi connectivity index (χ1v) is 5.81. The Bertz CT molecular complexity index is 161. The summed E-state index contributed by atoms with van der Waals surface area (Å²) in [5, 5.41) is 0. The van der Waals surface area contributed by atoms with Crippen LogP contribution in [0, 0.1) is 0 Å². The van der Waals surface area contributed by atoms with E-state index in [9.17, 15) is 4.21 Å². The zero-order chi connectivity index (χ0) is 10.8. The van der Waals surface area contributed by atoms with E-state index in [1.165, 1.54) is 0 Å². The standard InChI is InChI=1S/C8H16O6S/c9-15-13-7-5-11-3-1-10-2-4-12-6-8-14-15/h1-8H2. The van der Waals surface area contributed by atoms with Gasteiger partial charge in [-0.25, -0.2) is 0 Å². The lowest BCUT2D eigenvalue weighted by atomic mass is 10.7. The third kappa shape index (κ3) is 7.83. The molecule has 0 aliphatic carbocycles. The Kier molecular flexibility index (Phi) is 7.98. The summed E-state index contributed by atoms with van der Waals surface area (Å²) in [6.45, 7) is 3.31. The lowest BCUT2D eigenvalue weighted by molar-refractivity contribution is 0.000482. The number of ether oxygens (including phenoxy) is 3. The van der Waals surface area contributed by atoms with Crippen LogP contribution in [0.3, 0.4) is 0 Å². The topological polar surface area (TPSA) is 63.2 Å². The van der Waals surface area contributed by atoms with Crippen molar-refractivity contribution in [2.24, 2.45) is 0 Å². The molecule has 0 unspecified atom stereocenters. The third-order valence-corrected chi connectivity index (χ3v) is 2.28. The average Bonchev–Trinajstić information content (AvgIpc) is 2.24. The zero-order valence-corrected chi connectivity index (χ0v) is 9.33. The highest BCUT2D eigenvalue weighted by Gasteiger charge is 2.01. The van der Waals surface area contributed by atoms with Gasteiger partial charge in [-0.05, 0) is 0 Å². The fraction of sp³-hybridized carbons (Fsp3) is 1.00. The fourth-order valence-electron chi connectivity index (χ4n) is 0.898. The number of hydrogen-bond acceptors (Lipinski definition) is 6. The van der Waals surface area contributed by atoms with E-state index in [0.29, 0.717) is 39.6 Å². The molecule has 0 atom stereocenters. The molecule has 1 aliphatic rings. The molecule has 1 aliphatic heterocycles. The van der Waals surface area contributed by atoms with E-state index in [2.05, 4.69) is 0 Å². The first-order chi connectivity index (χ1) is 7.39. The summed E-state index contributed by atoms with van der Waals surface area (Å²) >= 11 is -1.70. The Morgan fingerprint density at radius 2 is 0.933 bits per heavy atom. The van der Waals surface area contributed by atoms with Crippen molar-refractivity contribution < 1.29 is 26.8 Å². The van der Waals surface area contributed by atoms with Gasteiger partial charge in [0.15, 0.2) is 0 Å². The Labute approximate surface area is 91.6 Å². The molecule has 0 amide bonds. The zero-order valence-electron chi connectivity index (χ0n) is 8.51. The maximum atomic E-state index is 11.0. The molecule has 0 radical (unpaired) electrons. The van der Waals surface area contributed by atoms with Gasteiger partial charge in [0.05, 0.1) is 52.9 Å². The molecule has 7 heteroatoms. The van der Waals surface area contributed by atoms with Gasteiger partial charge >= 0.3 is 11.4 Å². The molecule has 0 spiro atoms. The highest BCUT2D eigenvalue weighted by Crippen LogP contribution is 1.91. The molecule has 0 bridgehead atoms. The molecule has 0 saturated carbocycles. The highest BCUT2D eigenvalue weighted by atomic mass is 32.2. The van der Waals surface area contributed by atoms with E-state index in [4.69, 9.17) is 22.6 Å². The predicted octanol–water partition coefficient (Wildman–Crippen LogP) is -0.338. The molecule has 1 heterocycles. The molecule has 0 aromatic carbocycles. The predicted molar refractivity (Wildman–Crippen MR) is 52.5 cm³/mol. The maximum absolute atomic E-state index is 11.0.